The number of ether oxygens (including phenoxy) is 1. The highest BCUT2D eigenvalue weighted by Gasteiger charge is 2.21. The summed E-state index contributed by atoms with van der Waals surface area (Å²) in [6.07, 6.45) is 2.63. The summed E-state index contributed by atoms with van der Waals surface area (Å²) in [5.74, 6) is 1.03. The van der Waals surface area contributed by atoms with E-state index in [4.69, 9.17) is 16.3 Å². The molecule has 1 N–H and O–H groups in total. The number of fused-ring (bicyclic) bond motifs is 1. The van der Waals surface area contributed by atoms with Crippen LogP contribution in [0.25, 0.3) is 0 Å². The number of benzene rings is 1. The zero-order chi connectivity index (χ0) is 16.5. The van der Waals surface area contributed by atoms with Gasteiger partial charge in [0.25, 0.3) is 5.56 Å². The minimum absolute atomic E-state index is 0.220. The minimum Gasteiger partial charge on any atom is -0.493 e. The molecular formula is C17H19ClN4O2. The third kappa shape index (κ3) is 2.99. The van der Waals surface area contributed by atoms with Crippen LogP contribution in [-0.2, 0) is 13.0 Å². The topological polar surface area (TPSA) is 61.5 Å². The second-order valence-electron chi connectivity index (χ2n) is 6.20. The Balaban J connectivity index is 1.39. The molecule has 0 atom stereocenters. The summed E-state index contributed by atoms with van der Waals surface area (Å²) in [6, 6.07) is 6.48. The van der Waals surface area contributed by atoms with Gasteiger partial charge < -0.3 is 9.64 Å². The third-order valence-electron chi connectivity index (χ3n) is 4.65. The van der Waals surface area contributed by atoms with Gasteiger partial charge in [-0.25, -0.2) is 5.10 Å². The SMILES string of the molecule is O=c1[nH]ncc(N2CCN(Cc3ccc4c(c3)CCO4)CC2)c1Cl. The molecule has 6 nitrogen and oxygen atoms in total. The Labute approximate surface area is 145 Å². The number of piperazine rings is 1. The quantitative estimate of drug-likeness (QED) is 0.916. The van der Waals surface area contributed by atoms with Gasteiger partial charge in [-0.2, -0.15) is 5.10 Å². The van der Waals surface area contributed by atoms with Gasteiger partial charge >= 0.3 is 0 Å². The van der Waals surface area contributed by atoms with Gasteiger partial charge in [0.1, 0.15) is 10.8 Å². The maximum Gasteiger partial charge on any atom is 0.285 e. The largest absolute Gasteiger partial charge is 0.493 e. The molecule has 2 aliphatic rings. The molecule has 0 saturated carbocycles. The molecule has 3 heterocycles. The van der Waals surface area contributed by atoms with Crippen molar-refractivity contribution in [1.82, 2.24) is 15.1 Å². The number of hydrogen-bond donors (Lipinski definition) is 1. The lowest BCUT2D eigenvalue weighted by Gasteiger charge is -2.36. The van der Waals surface area contributed by atoms with Crippen molar-refractivity contribution >= 4 is 17.3 Å². The predicted octanol–water partition coefficient (Wildman–Crippen LogP) is 1.68. The van der Waals surface area contributed by atoms with Crippen LogP contribution in [0.5, 0.6) is 5.75 Å². The van der Waals surface area contributed by atoms with Crippen LogP contribution in [0.15, 0.2) is 29.2 Å². The molecule has 126 valence electrons. The Morgan fingerprint density at radius 3 is 2.92 bits per heavy atom. The lowest BCUT2D eigenvalue weighted by atomic mass is 10.1. The molecule has 1 aromatic carbocycles. The Kier molecular flexibility index (Phi) is 4.16. The fourth-order valence-corrected chi connectivity index (χ4v) is 3.55. The summed E-state index contributed by atoms with van der Waals surface area (Å²) in [5.41, 5.74) is 3.02. The van der Waals surface area contributed by atoms with Crippen LogP contribution in [0.2, 0.25) is 5.02 Å². The maximum absolute atomic E-state index is 11.6. The van der Waals surface area contributed by atoms with Crippen molar-refractivity contribution < 1.29 is 4.74 Å². The average molecular weight is 347 g/mol. The normalized spacial score (nSPS) is 17.6. The van der Waals surface area contributed by atoms with E-state index in [-0.39, 0.29) is 10.6 Å². The van der Waals surface area contributed by atoms with E-state index in [0.717, 1.165) is 57.2 Å². The van der Waals surface area contributed by atoms with E-state index in [0.29, 0.717) is 0 Å². The monoisotopic (exact) mass is 346 g/mol. The zero-order valence-electron chi connectivity index (χ0n) is 13.3. The zero-order valence-corrected chi connectivity index (χ0v) is 14.1. The first-order valence-corrected chi connectivity index (χ1v) is 8.53. The fraction of sp³-hybridized carbons (Fsp3) is 0.412. The molecule has 0 spiro atoms. The molecule has 2 aliphatic heterocycles. The second-order valence-corrected chi connectivity index (χ2v) is 6.58. The highest BCUT2D eigenvalue weighted by atomic mass is 35.5. The number of H-pyrrole nitrogens is 1. The van der Waals surface area contributed by atoms with Gasteiger partial charge in [-0.15, -0.1) is 0 Å². The smallest absolute Gasteiger partial charge is 0.285 e. The van der Waals surface area contributed by atoms with Gasteiger partial charge in [0, 0.05) is 39.1 Å². The average Bonchev–Trinajstić information content (AvgIpc) is 3.06. The fourth-order valence-electron chi connectivity index (χ4n) is 3.34. The van der Waals surface area contributed by atoms with Crippen molar-refractivity contribution in [1.29, 1.82) is 0 Å². The van der Waals surface area contributed by atoms with Crippen LogP contribution in [0.4, 0.5) is 5.69 Å². The number of nitrogens with one attached hydrogen (secondary N) is 1. The summed E-state index contributed by atoms with van der Waals surface area (Å²) in [4.78, 5) is 16.1. The summed E-state index contributed by atoms with van der Waals surface area (Å²) in [6.45, 7) is 5.25. The van der Waals surface area contributed by atoms with Crippen molar-refractivity contribution in [2.75, 3.05) is 37.7 Å². The molecule has 1 saturated heterocycles. The number of hydrogen-bond acceptors (Lipinski definition) is 5. The van der Waals surface area contributed by atoms with Crippen molar-refractivity contribution in [3.63, 3.8) is 0 Å². The number of halogens is 1. The van der Waals surface area contributed by atoms with Gasteiger partial charge in [0.05, 0.1) is 18.5 Å². The lowest BCUT2D eigenvalue weighted by Crippen LogP contribution is -2.46. The summed E-state index contributed by atoms with van der Waals surface area (Å²) in [7, 11) is 0. The summed E-state index contributed by atoms with van der Waals surface area (Å²) in [5, 5.41) is 6.43. The molecule has 24 heavy (non-hydrogen) atoms. The van der Waals surface area contributed by atoms with E-state index in [1.807, 2.05) is 0 Å². The van der Waals surface area contributed by atoms with E-state index in [2.05, 4.69) is 38.2 Å². The van der Waals surface area contributed by atoms with E-state index >= 15 is 0 Å². The summed E-state index contributed by atoms with van der Waals surface area (Å²) < 4.78 is 5.56. The molecule has 2 aromatic rings. The first-order valence-electron chi connectivity index (χ1n) is 8.16. The molecule has 0 unspecified atom stereocenters. The van der Waals surface area contributed by atoms with E-state index in [1.54, 1.807) is 6.20 Å². The van der Waals surface area contributed by atoms with E-state index in [1.165, 1.54) is 11.1 Å². The molecule has 0 amide bonds. The Hall–Kier alpha value is -2.05. The molecular weight excluding hydrogens is 328 g/mol. The first-order chi connectivity index (χ1) is 11.7. The number of rotatable bonds is 3. The molecule has 4 rings (SSSR count). The van der Waals surface area contributed by atoms with Gasteiger partial charge in [-0.05, 0) is 17.2 Å². The van der Waals surface area contributed by atoms with Crippen molar-refractivity contribution in [3.8, 4) is 5.75 Å². The van der Waals surface area contributed by atoms with Crippen LogP contribution >= 0.6 is 11.6 Å². The molecule has 1 aromatic heterocycles. The summed E-state index contributed by atoms with van der Waals surface area (Å²) >= 11 is 6.10. The molecule has 0 bridgehead atoms. The number of anilines is 1. The Morgan fingerprint density at radius 1 is 1.25 bits per heavy atom. The van der Waals surface area contributed by atoms with Crippen molar-refractivity contribution in [2.45, 2.75) is 13.0 Å². The van der Waals surface area contributed by atoms with Crippen LogP contribution in [0, 0.1) is 0 Å². The van der Waals surface area contributed by atoms with Crippen LogP contribution in [-0.4, -0.2) is 47.9 Å². The highest BCUT2D eigenvalue weighted by Crippen LogP contribution is 2.27. The van der Waals surface area contributed by atoms with Crippen molar-refractivity contribution in [2.24, 2.45) is 0 Å². The highest BCUT2D eigenvalue weighted by molar-refractivity contribution is 6.32. The molecule has 0 aliphatic carbocycles. The molecule has 0 radical (unpaired) electrons. The molecule has 1 fully saturated rings. The maximum atomic E-state index is 11.6. The Bertz CT molecular complexity index is 799. The van der Waals surface area contributed by atoms with Crippen LogP contribution in [0.1, 0.15) is 11.1 Å². The van der Waals surface area contributed by atoms with Gasteiger partial charge in [-0.1, -0.05) is 23.7 Å². The second kappa shape index (κ2) is 6.45. The number of aromatic nitrogens is 2. The van der Waals surface area contributed by atoms with Crippen molar-refractivity contribution in [3.05, 3.63) is 50.9 Å². The minimum atomic E-state index is -0.336. The van der Waals surface area contributed by atoms with Gasteiger partial charge in [0.15, 0.2) is 0 Å². The van der Waals surface area contributed by atoms with E-state index < -0.39 is 0 Å². The first kappa shape index (κ1) is 15.5. The predicted molar refractivity (Wildman–Crippen MR) is 93.0 cm³/mol. The van der Waals surface area contributed by atoms with Gasteiger partial charge in [0.2, 0.25) is 0 Å². The Morgan fingerprint density at radius 2 is 2.08 bits per heavy atom. The number of nitrogens with zero attached hydrogens (tertiary/aromatic N) is 3. The molecule has 7 heteroatoms. The van der Waals surface area contributed by atoms with Crippen LogP contribution < -0.4 is 15.2 Å². The lowest BCUT2D eigenvalue weighted by molar-refractivity contribution is 0.249. The standard InChI is InChI=1S/C17H19ClN4O2/c18-16-14(10-19-20-17(16)23)22-6-4-21(5-7-22)11-12-1-2-15-13(9-12)3-8-24-15/h1-2,9-10H,3-8,11H2,(H,20,23). The number of aromatic amines is 1. The third-order valence-corrected chi connectivity index (χ3v) is 5.02. The van der Waals surface area contributed by atoms with Crippen LogP contribution in [0.3, 0.4) is 0 Å². The van der Waals surface area contributed by atoms with Gasteiger partial charge in [-0.3, -0.25) is 9.69 Å². The van der Waals surface area contributed by atoms with E-state index in [9.17, 15) is 4.79 Å².